The van der Waals surface area contributed by atoms with E-state index >= 15 is 0 Å². The highest BCUT2D eigenvalue weighted by Gasteiger charge is 2.64. The largest absolute Gasteiger partial charge is 0.411 e. The number of fused-ring (bicyclic) bond motifs is 3. The van der Waals surface area contributed by atoms with Crippen LogP contribution in [0.25, 0.3) is 0 Å². The van der Waals surface area contributed by atoms with Crippen LogP contribution in [0, 0.1) is 5.41 Å². The Bertz CT molecular complexity index is 790. The van der Waals surface area contributed by atoms with E-state index in [1.165, 1.54) is 5.57 Å². The van der Waals surface area contributed by atoms with Gasteiger partial charge in [0.05, 0.1) is 5.71 Å². The van der Waals surface area contributed by atoms with Crippen molar-refractivity contribution in [2.24, 2.45) is 10.6 Å². The monoisotopic (exact) mass is 341 g/mol. The first kappa shape index (κ1) is 16.8. The molecule has 1 fully saturated rings. The van der Waals surface area contributed by atoms with Crippen molar-refractivity contribution in [2.75, 3.05) is 0 Å². The fraction of sp³-hybridized carbons (Fsp3) is 0.571. The third kappa shape index (κ3) is 2.17. The van der Waals surface area contributed by atoms with Gasteiger partial charge in [0.1, 0.15) is 11.7 Å². The average Bonchev–Trinajstić information content (AvgIpc) is 2.83. The molecular weight excluding hydrogens is 314 g/mol. The van der Waals surface area contributed by atoms with Crippen molar-refractivity contribution in [2.45, 2.75) is 71.4 Å². The molecule has 4 nitrogen and oxygen atoms in total. The molecule has 1 aromatic carbocycles. The van der Waals surface area contributed by atoms with Crippen LogP contribution in [0.3, 0.4) is 0 Å². The summed E-state index contributed by atoms with van der Waals surface area (Å²) in [7, 11) is 0. The molecule has 1 aliphatic heterocycles. The molecule has 1 N–H and O–H groups in total. The standard InChI is InChI=1S/C21H27NO3/c1-13-10-11-21-18(24-20(4,5)25-21)15-9-7-6-8-14(15)12-16(22-23)17(13)19(21,2)3/h6-9,18,23H,10-12H2,1-5H3/b22-16+/t18-,21+/m0/s1. The summed E-state index contributed by atoms with van der Waals surface area (Å²) in [5, 5.41) is 13.5. The Morgan fingerprint density at radius 1 is 1.16 bits per heavy atom. The third-order valence-corrected chi connectivity index (χ3v) is 6.34. The molecule has 2 bridgehead atoms. The van der Waals surface area contributed by atoms with E-state index in [-0.39, 0.29) is 11.5 Å². The summed E-state index contributed by atoms with van der Waals surface area (Å²) in [6.07, 6.45) is 2.31. The molecule has 3 aliphatic rings. The van der Waals surface area contributed by atoms with E-state index in [0.717, 1.165) is 35.3 Å². The zero-order valence-corrected chi connectivity index (χ0v) is 15.7. The highest BCUT2D eigenvalue weighted by atomic mass is 16.8. The van der Waals surface area contributed by atoms with Crippen molar-refractivity contribution in [1.29, 1.82) is 0 Å². The van der Waals surface area contributed by atoms with Gasteiger partial charge in [-0.2, -0.15) is 0 Å². The van der Waals surface area contributed by atoms with E-state index < -0.39 is 11.4 Å². The summed E-state index contributed by atoms with van der Waals surface area (Å²) in [5.41, 5.74) is 4.67. The minimum absolute atomic E-state index is 0.128. The molecule has 1 saturated heterocycles. The minimum Gasteiger partial charge on any atom is -0.411 e. The fourth-order valence-corrected chi connectivity index (χ4v) is 5.32. The molecule has 4 heteroatoms. The molecule has 134 valence electrons. The smallest absolute Gasteiger partial charge is 0.164 e. The Kier molecular flexibility index (Phi) is 3.48. The number of ether oxygens (including phenoxy) is 2. The molecule has 2 atom stereocenters. The molecule has 1 heterocycles. The molecular formula is C21H27NO3. The van der Waals surface area contributed by atoms with Gasteiger partial charge in [-0.05, 0) is 50.3 Å². The lowest BCUT2D eigenvalue weighted by Gasteiger charge is -2.52. The minimum atomic E-state index is -0.647. The number of oxime groups is 1. The molecule has 0 aromatic heterocycles. The fourth-order valence-electron chi connectivity index (χ4n) is 5.32. The number of hydrogen-bond acceptors (Lipinski definition) is 4. The Morgan fingerprint density at radius 2 is 1.88 bits per heavy atom. The van der Waals surface area contributed by atoms with Crippen molar-refractivity contribution >= 4 is 5.71 Å². The van der Waals surface area contributed by atoms with E-state index in [4.69, 9.17) is 9.47 Å². The Balaban J connectivity index is 2.05. The molecule has 0 saturated carbocycles. The number of allylic oxidation sites excluding steroid dienone is 1. The summed E-state index contributed by atoms with van der Waals surface area (Å²) >= 11 is 0. The molecule has 4 rings (SSSR count). The van der Waals surface area contributed by atoms with Crippen LogP contribution in [0.1, 0.15) is 64.7 Å². The second-order valence-electron chi connectivity index (χ2n) is 8.59. The summed E-state index contributed by atoms with van der Waals surface area (Å²) in [6.45, 7) is 10.6. The van der Waals surface area contributed by atoms with Gasteiger partial charge < -0.3 is 14.7 Å². The van der Waals surface area contributed by atoms with Gasteiger partial charge in [-0.3, -0.25) is 0 Å². The molecule has 1 aromatic rings. The van der Waals surface area contributed by atoms with Gasteiger partial charge in [-0.1, -0.05) is 48.8 Å². The van der Waals surface area contributed by atoms with Crippen LogP contribution < -0.4 is 0 Å². The van der Waals surface area contributed by atoms with Gasteiger partial charge in [0.25, 0.3) is 0 Å². The van der Waals surface area contributed by atoms with Crippen LogP contribution in [0.2, 0.25) is 0 Å². The lowest BCUT2D eigenvalue weighted by molar-refractivity contribution is -0.184. The quantitative estimate of drug-likeness (QED) is 0.546. The Labute approximate surface area is 149 Å². The molecule has 25 heavy (non-hydrogen) atoms. The van der Waals surface area contributed by atoms with E-state index in [1.54, 1.807) is 0 Å². The summed E-state index contributed by atoms with van der Waals surface area (Å²) in [4.78, 5) is 0. The topological polar surface area (TPSA) is 51.1 Å². The lowest BCUT2D eigenvalue weighted by atomic mass is 9.56. The highest BCUT2D eigenvalue weighted by molar-refractivity contribution is 6.03. The first-order chi connectivity index (χ1) is 11.7. The van der Waals surface area contributed by atoms with Gasteiger partial charge in [0, 0.05) is 11.8 Å². The van der Waals surface area contributed by atoms with Crippen LogP contribution >= 0.6 is 0 Å². The predicted octanol–water partition coefficient (Wildman–Crippen LogP) is 4.77. The lowest BCUT2D eigenvalue weighted by Crippen LogP contribution is -2.54. The van der Waals surface area contributed by atoms with Crippen LogP contribution in [0.5, 0.6) is 0 Å². The molecule has 1 spiro atoms. The number of benzene rings is 1. The molecule has 0 unspecified atom stereocenters. The van der Waals surface area contributed by atoms with Crippen molar-refractivity contribution in [1.82, 2.24) is 0 Å². The average molecular weight is 341 g/mol. The normalized spacial score (nSPS) is 34.3. The van der Waals surface area contributed by atoms with Gasteiger partial charge in [-0.15, -0.1) is 0 Å². The van der Waals surface area contributed by atoms with Crippen molar-refractivity contribution < 1.29 is 14.7 Å². The van der Waals surface area contributed by atoms with Crippen molar-refractivity contribution in [3.63, 3.8) is 0 Å². The van der Waals surface area contributed by atoms with E-state index in [2.05, 4.69) is 44.1 Å². The maximum absolute atomic E-state index is 9.82. The van der Waals surface area contributed by atoms with Gasteiger partial charge in [0.15, 0.2) is 5.79 Å². The predicted molar refractivity (Wildman–Crippen MR) is 96.8 cm³/mol. The van der Waals surface area contributed by atoms with Gasteiger partial charge in [-0.25, -0.2) is 0 Å². The Morgan fingerprint density at radius 3 is 2.60 bits per heavy atom. The van der Waals surface area contributed by atoms with Crippen LogP contribution in [0.4, 0.5) is 0 Å². The molecule has 0 radical (unpaired) electrons. The van der Waals surface area contributed by atoms with E-state index in [9.17, 15) is 5.21 Å². The van der Waals surface area contributed by atoms with Crippen molar-refractivity contribution in [3.8, 4) is 0 Å². The van der Waals surface area contributed by atoms with Crippen LogP contribution in [0.15, 0.2) is 40.6 Å². The van der Waals surface area contributed by atoms with E-state index in [0.29, 0.717) is 6.42 Å². The molecule has 2 aliphatic carbocycles. The second-order valence-corrected chi connectivity index (χ2v) is 8.59. The zero-order valence-electron chi connectivity index (χ0n) is 15.7. The van der Waals surface area contributed by atoms with Crippen molar-refractivity contribution in [3.05, 3.63) is 46.5 Å². The first-order valence-electron chi connectivity index (χ1n) is 9.09. The number of nitrogens with zero attached hydrogens (tertiary/aromatic N) is 1. The number of hydrogen-bond donors (Lipinski definition) is 1. The SMILES string of the molecule is CC1=C2/C(=N/O)Cc3ccccc3[C@@H]3OC(C)(C)O[C@@]3(CC1)C2(C)C. The third-order valence-electron chi connectivity index (χ3n) is 6.34. The maximum atomic E-state index is 9.82. The zero-order chi connectivity index (χ0) is 18.0. The molecule has 0 amide bonds. The summed E-state index contributed by atoms with van der Waals surface area (Å²) in [5.74, 6) is -0.647. The summed E-state index contributed by atoms with van der Waals surface area (Å²) in [6, 6.07) is 8.32. The first-order valence-corrected chi connectivity index (χ1v) is 9.09. The second kappa shape index (κ2) is 5.18. The van der Waals surface area contributed by atoms with E-state index in [1.807, 2.05) is 19.9 Å². The van der Waals surface area contributed by atoms with Gasteiger partial charge >= 0.3 is 0 Å². The van der Waals surface area contributed by atoms with Crippen LogP contribution in [-0.2, 0) is 15.9 Å². The van der Waals surface area contributed by atoms with Gasteiger partial charge in [0.2, 0.25) is 0 Å². The maximum Gasteiger partial charge on any atom is 0.164 e. The highest BCUT2D eigenvalue weighted by Crippen LogP contribution is 2.62. The summed E-state index contributed by atoms with van der Waals surface area (Å²) < 4.78 is 13.2. The Hall–Kier alpha value is -1.65. The number of rotatable bonds is 0. The van der Waals surface area contributed by atoms with Crippen LogP contribution in [-0.4, -0.2) is 22.3 Å².